The van der Waals surface area contributed by atoms with Gasteiger partial charge in [0, 0.05) is 0 Å². The number of hydrogen-bond donors (Lipinski definition) is 0. The molecule has 0 bridgehead atoms. The van der Waals surface area contributed by atoms with Crippen molar-refractivity contribution in [3.8, 4) is 0 Å². The van der Waals surface area contributed by atoms with Gasteiger partial charge in [-0.3, -0.25) is 0 Å². The molecule has 0 saturated carbocycles. The van der Waals surface area contributed by atoms with E-state index in [1.165, 1.54) is 0 Å². The largest absolute Gasteiger partial charge is 1.00 e. The van der Waals surface area contributed by atoms with E-state index < -0.39 is 29.9 Å². The molecule has 92 valence electrons. The third-order valence-corrected chi connectivity index (χ3v) is 1.53. The van der Waals surface area contributed by atoms with Crippen LogP contribution in [0.1, 0.15) is 0 Å². The van der Waals surface area contributed by atoms with Crippen LogP contribution in [-0.2, 0) is 14.3 Å². The van der Waals surface area contributed by atoms with Crippen molar-refractivity contribution in [1.82, 2.24) is 0 Å². The van der Waals surface area contributed by atoms with Crippen molar-refractivity contribution in [1.29, 1.82) is 0 Å². The zero-order chi connectivity index (χ0) is 12.8. The number of carbonyl (C=O) groups excluding carboxylic acids is 1. The Balaban J connectivity index is 0.00000256. The molecule has 1 heterocycles. The summed E-state index contributed by atoms with van der Waals surface area (Å²) >= 11 is 0. The van der Waals surface area contributed by atoms with Gasteiger partial charge in [-0.05, 0) is 0 Å². The molecule has 0 aromatic carbocycles. The quantitative estimate of drug-likeness (QED) is 0.390. The number of hydrogen-bond acceptors (Lipinski definition) is 4. The van der Waals surface area contributed by atoms with Gasteiger partial charge in [-0.2, -0.15) is 26.3 Å². The summed E-state index contributed by atoms with van der Waals surface area (Å²) in [6, 6.07) is 0. The second-order valence-corrected chi connectivity index (χ2v) is 2.60. The van der Waals surface area contributed by atoms with Crippen LogP contribution in [0, 0.1) is 0 Å². The summed E-state index contributed by atoms with van der Waals surface area (Å²) in [5.74, 6) is -9.03. The molecule has 0 N–H and O–H groups in total. The first kappa shape index (κ1) is 16.4. The molecule has 17 heavy (non-hydrogen) atoms. The fourth-order valence-electron chi connectivity index (χ4n) is 0.839. The van der Waals surface area contributed by atoms with E-state index in [0.29, 0.717) is 0 Å². The molecule has 1 aliphatic heterocycles. The molecular weight excluding hydrogens is 273 g/mol. The van der Waals surface area contributed by atoms with Crippen LogP contribution >= 0.6 is 0 Å². The van der Waals surface area contributed by atoms with Gasteiger partial charge in [-0.15, -0.1) is 0 Å². The summed E-state index contributed by atoms with van der Waals surface area (Å²) in [6.07, 6.45) is -12.3. The average Bonchev–Trinajstić information content (AvgIpc) is 2.44. The number of halogens is 6. The van der Waals surface area contributed by atoms with Gasteiger partial charge in [0.15, 0.2) is 5.76 Å². The molecule has 0 aromatic heterocycles. The molecule has 4 nitrogen and oxygen atoms in total. The Hall–Kier alpha value is -0.610. The van der Waals surface area contributed by atoms with E-state index in [4.69, 9.17) is 0 Å². The van der Waals surface area contributed by atoms with Gasteiger partial charge in [0.05, 0.1) is 0 Å². The third kappa shape index (κ3) is 2.63. The van der Waals surface area contributed by atoms with Crippen LogP contribution in [0.4, 0.5) is 26.3 Å². The van der Waals surface area contributed by atoms with E-state index in [-0.39, 0.29) is 35.8 Å². The third-order valence-electron chi connectivity index (χ3n) is 1.53. The molecule has 0 atom stereocenters. The van der Waals surface area contributed by atoms with Crippen LogP contribution in [0.25, 0.3) is 0 Å². The second kappa shape index (κ2) is 4.58. The smallest absolute Gasteiger partial charge is 0.541 e. The molecule has 1 rings (SSSR count). The first-order chi connectivity index (χ1) is 7.01. The van der Waals surface area contributed by atoms with Crippen LogP contribution in [0.3, 0.4) is 0 Å². The van der Waals surface area contributed by atoms with Crippen molar-refractivity contribution < 1.29 is 75.3 Å². The number of carboxylic acids is 1. The molecule has 0 aromatic rings. The number of rotatable bonds is 1. The van der Waals surface area contributed by atoms with E-state index >= 15 is 0 Å². The van der Waals surface area contributed by atoms with Crippen molar-refractivity contribution in [3.05, 3.63) is 12.0 Å². The average molecular weight is 274 g/mol. The molecule has 1 aliphatic rings. The summed E-state index contributed by atoms with van der Waals surface area (Å²) < 4.78 is 79.3. The number of carbonyl (C=O) groups is 1. The number of alkyl halides is 6. The van der Waals surface area contributed by atoms with Crippen LogP contribution in [0.15, 0.2) is 12.0 Å². The van der Waals surface area contributed by atoms with Crippen molar-refractivity contribution in [2.24, 2.45) is 0 Å². The minimum absolute atomic E-state index is 0. The first-order valence-corrected chi connectivity index (χ1v) is 3.43. The van der Waals surface area contributed by atoms with Crippen LogP contribution < -0.4 is 34.7 Å². The van der Waals surface area contributed by atoms with Crippen LogP contribution in [0.2, 0.25) is 0 Å². The molecule has 0 spiro atoms. The van der Waals surface area contributed by atoms with Gasteiger partial charge in [-0.1, -0.05) is 0 Å². The van der Waals surface area contributed by atoms with Crippen molar-refractivity contribution >= 4 is 5.97 Å². The Morgan fingerprint density at radius 3 is 1.76 bits per heavy atom. The molecule has 0 fully saturated rings. The summed E-state index contributed by atoms with van der Waals surface area (Å²) in [6.45, 7) is 0. The molecule has 0 radical (unpaired) electrons. The Morgan fingerprint density at radius 1 is 1.18 bits per heavy atom. The Morgan fingerprint density at radius 2 is 1.59 bits per heavy atom. The van der Waals surface area contributed by atoms with Gasteiger partial charge < -0.3 is 19.4 Å². The Labute approximate surface area is 111 Å². The second-order valence-electron chi connectivity index (χ2n) is 2.60. The van der Waals surface area contributed by atoms with E-state index in [0.717, 1.165) is 0 Å². The summed E-state index contributed by atoms with van der Waals surface area (Å²) in [4.78, 5) is 10.0. The molecule has 0 amide bonds. The zero-order valence-electron chi connectivity index (χ0n) is 7.98. The van der Waals surface area contributed by atoms with Gasteiger partial charge in [-0.25, -0.2) is 0 Å². The van der Waals surface area contributed by atoms with Gasteiger partial charge in [0.2, 0.25) is 0 Å². The Bertz CT molecular complexity index is 331. The topological polar surface area (TPSA) is 58.6 Å². The predicted octanol–water partition coefficient (Wildman–Crippen LogP) is -2.55. The van der Waals surface area contributed by atoms with Crippen molar-refractivity contribution in [2.45, 2.75) is 18.1 Å². The maximum atomic E-state index is 12.1. The molecule has 0 saturated heterocycles. The van der Waals surface area contributed by atoms with Crippen molar-refractivity contribution in [2.75, 3.05) is 0 Å². The van der Waals surface area contributed by atoms with E-state index in [9.17, 15) is 36.2 Å². The first-order valence-electron chi connectivity index (χ1n) is 3.43. The monoisotopic (exact) mass is 274 g/mol. The van der Waals surface area contributed by atoms with E-state index in [1.54, 1.807) is 0 Å². The number of aliphatic carboxylic acids is 1. The standard InChI is InChI=1S/C6H2F6O4.Na/c7-5(8,9)4(6(10,11)12)15-1-2(16-4)3(13)14;/h1H,(H,13,14);/q;+1/p-1. The van der Waals surface area contributed by atoms with Crippen molar-refractivity contribution in [3.63, 3.8) is 0 Å². The maximum absolute atomic E-state index is 12.1. The van der Waals surface area contributed by atoms with E-state index in [1.807, 2.05) is 0 Å². The molecule has 0 aliphatic carbocycles. The Kier molecular flexibility index (Phi) is 4.41. The normalized spacial score (nSPS) is 18.6. The van der Waals surface area contributed by atoms with E-state index in [2.05, 4.69) is 9.47 Å². The number of ether oxygens (including phenoxy) is 2. The summed E-state index contributed by atoms with van der Waals surface area (Å²) in [7, 11) is 0. The van der Waals surface area contributed by atoms with Gasteiger partial charge in [0.1, 0.15) is 12.2 Å². The SMILES string of the molecule is O=C([O-])C1=COC(C(F)(F)F)(C(F)(F)F)O1.[Na+]. The molecule has 11 heteroatoms. The minimum Gasteiger partial charge on any atom is -0.541 e. The van der Waals surface area contributed by atoms with Crippen LogP contribution in [-0.4, -0.2) is 24.1 Å². The fraction of sp³-hybridized carbons (Fsp3) is 0.500. The molecule has 0 unspecified atom stereocenters. The predicted molar refractivity (Wildman–Crippen MR) is 30.1 cm³/mol. The molecular formula is C6HF6NaO4. The zero-order valence-corrected chi connectivity index (χ0v) is 9.98. The van der Waals surface area contributed by atoms with Crippen LogP contribution in [0.5, 0.6) is 0 Å². The van der Waals surface area contributed by atoms with Gasteiger partial charge in [0.25, 0.3) is 0 Å². The van der Waals surface area contributed by atoms with Gasteiger partial charge >= 0.3 is 47.7 Å². The number of carboxylic acid groups (broad SMARTS) is 1. The summed E-state index contributed by atoms with van der Waals surface area (Å²) in [5.41, 5.74) is 0. The minimum atomic E-state index is -5.99. The fourth-order valence-corrected chi connectivity index (χ4v) is 0.839. The maximum Gasteiger partial charge on any atom is 1.00 e. The summed E-state index contributed by atoms with van der Waals surface area (Å²) in [5, 5.41) is 10.0.